The van der Waals surface area contributed by atoms with Crippen molar-refractivity contribution in [1.82, 2.24) is 10.2 Å². The SMILES string of the molecule is CN(CC1(c2ccc(Br)cc2)CC1)C(=O)C1CSCN1. The van der Waals surface area contributed by atoms with Crippen molar-refractivity contribution in [2.75, 3.05) is 25.2 Å². The number of rotatable bonds is 4. The lowest BCUT2D eigenvalue weighted by atomic mass is 9.95. The number of amides is 1. The number of benzene rings is 1. The normalized spacial score (nSPS) is 23.6. The minimum absolute atomic E-state index is 0.00529. The van der Waals surface area contributed by atoms with Gasteiger partial charge >= 0.3 is 0 Å². The molecule has 0 aromatic heterocycles. The van der Waals surface area contributed by atoms with E-state index in [0.717, 1.165) is 22.6 Å². The largest absolute Gasteiger partial charge is 0.343 e. The first kappa shape index (κ1) is 14.4. The Morgan fingerprint density at radius 3 is 2.70 bits per heavy atom. The van der Waals surface area contributed by atoms with E-state index < -0.39 is 0 Å². The van der Waals surface area contributed by atoms with Gasteiger partial charge in [-0.15, -0.1) is 11.8 Å². The van der Waals surface area contributed by atoms with Gasteiger partial charge in [-0.05, 0) is 30.5 Å². The van der Waals surface area contributed by atoms with Gasteiger partial charge in [0.05, 0.1) is 6.04 Å². The van der Waals surface area contributed by atoms with E-state index >= 15 is 0 Å². The number of hydrogen-bond acceptors (Lipinski definition) is 3. The highest BCUT2D eigenvalue weighted by Crippen LogP contribution is 2.48. The van der Waals surface area contributed by atoms with Gasteiger partial charge in [-0.1, -0.05) is 28.1 Å². The molecular weight excluding hydrogens is 336 g/mol. The van der Waals surface area contributed by atoms with Crippen LogP contribution in [-0.2, 0) is 10.2 Å². The average Bonchev–Trinajstić information content (AvgIpc) is 3.02. The van der Waals surface area contributed by atoms with Crippen molar-refractivity contribution in [3.05, 3.63) is 34.3 Å². The van der Waals surface area contributed by atoms with Gasteiger partial charge in [0.2, 0.25) is 5.91 Å². The summed E-state index contributed by atoms with van der Waals surface area (Å²) in [6, 6.07) is 8.54. The maximum atomic E-state index is 12.4. The van der Waals surface area contributed by atoms with Crippen LogP contribution in [0.2, 0.25) is 0 Å². The predicted molar refractivity (Wildman–Crippen MR) is 86.9 cm³/mol. The lowest BCUT2D eigenvalue weighted by Gasteiger charge is -2.26. The molecule has 3 nitrogen and oxygen atoms in total. The first-order valence-corrected chi connectivity index (χ1v) is 8.88. The molecule has 1 amide bonds. The molecule has 0 bridgehead atoms. The lowest BCUT2D eigenvalue weighted by molar-refractivity contribution is -0.131. The third-order valence-electron chi connectivity index (χ3n) is 4.24. The molecule has 1 aliphatic carbocycles. The molecule has 20 heavy (non-hydrogen) atoms. The van der Waals surface area contributed by atoms with Crippen molar-refractivity contribution in [3.8, 4) is 0 Å². The zero-order chi connectivity index (χ0) is 14.2. The zero-order valence-corrected chi connectivity index (χ0v) is 14.0. The quantitative estimate of drug-likeness (QED) is 0.901. The van der Waals surface area contributed by atoms with Crippen molar-refractivity contribution in [3.63, 3.8) is 0 Å². The van der Waals surface area contributed by atoms with Crippen LogP contribution in [0.3, 0.4) is 0 Å². The van der Waals surface area contributed by atoms with Gasteiger partial charge < -0.3 is 4.90 Å². The maximum Gasteiger partial charge on any atom is 0.240 e. The van der Waals surface area contributed by atoms with E-state index in [1.807, 2.05) is 11.9 Å². The summed E-state index contributed by atoms with van der Waals surface area (Å²) in [5.41, 5.74) is 1.55. The number of carbonyl (C=O) groups excluding carboxylic acids is 1. The molecule has 1 aliphatic heterocycles. The van der Waals surface area contributed by atoms with E-state index in [1.165, 1.54) is 18.4 Å². The third-order valence-corrected chi connectivity index (χ3v) is 5.71. The third kappa shape index (κ3) is 2.90. The predicted octanol–water partition coefficient (Wildman–Crippen LogP) is 2.60. The van der Waals surface area contributed by atoms with E-state index in [4.69, 9.17) is 0 Å². The van der Waals surface area contributed by atoms with Gasteiger partial charge in [0.25, 0.3) is 0 Å². The standard InChI is InChI=1S/C15H19BrN2OS/c1-18(14(19)13-8-20-10-17-13)9-15(6-7-15)11-2-4-12(16)5-3-11/h2-5,13,17H,6-10H2,1H3. The number of hydrogen-bond donors (Lipinski definition) is 1. The second kappa shape index (κ2) is 5.70. The van der Waals surface area contributed by atoms with E-state index in [0.29, 0.717) is 0 Å². The first-order valence-electron chi connectivity index (χ1n) is 6.93. The minimum atomic E-state index is 0.00529. The molecule has 5 heteroatoms. The minimum Gasteiger partial charge on any atom is -0.343 e. The van der Waals surface area contributed by atoms with Crippen LogP contribution in [0.25, 0.3) is 0 Å². The monoisotopic (exact) mass is 354 g/mol. The topological polar surface area (TPSA) is 32.3 Å². The summed E-state index contributed by atoms with van der Waals surface area (Å²) in [5, 5.41) is 3.26. The zero-order valence-electron chi connectivity index (χ0n) is 11.6. The number of likely N-dealkylation sites (N-methyl/N-ethyl adjacent to an activating group) is 1. The Kier molecular flexibility index (Phi) is 4.11. The fourth-order valence-corrected chi connectivity index (χ4v) is 4.04. The van der Waals surface area contributed by atoms with Crippen molar-refractivity contribution < 1.29 is 4.79 Å². The van der Waals surface area contributed by atoms with Gasteiger partial charge in [0, 0.05) is 35.1 Å². The number of nitrogens with one attached hydrogen (secondary N) is 1. The van der Waals surface area contributed by atoms with Crippen molar-refractivity contribution in [1.29, 1.82) is 0 Å². The summed E-state index contributed by atoms with van der Waals surface area (Å²) >= 11 is 5.27. The van der Waals surface area contributed by atoms with Crippen LogP contribution in [0.5, 0.6) is 0 Å². The van der Waals surface area contributed by atoms with Crippen LogP contribution >= 0.6 is 27.7 Å². The Bertz CT molecular complexity index is 495. The average molecular weight is 355 g/mol. The smallest absolute Gasteiger partial charge is 0.240 e. The van der Waals surface area contributed by atoms with E-state index in [1.54, 1.807) is 11.8 Å². The molecular formula is C15H19BrN2OS. The second-order valence-corrected chi connectivity index (χ2v) is 7.70. The number of carbonyl (C=O) groups is 1. The van der Waals surface area contributed by atoms with Crippen LogP contribution in [0.4, 0.5) is 0 Å². The summed E-state index contributed by atoms with van der Waals surface area (Å²) in [4.78, 5) is 14.3. The molecule has 2 fully saturated rings. The molecule has 1 aromatic carbocycles. The van der Waals surface area contributed by atoms with Crippen molar-refractivity contribution >= 4 is 33.6 Å². The molecule has 1 aromatic rings. The Labute approximate surface area is 132 Å². The molecule has 2 aliphatic rings. The lowest BCUT2D eigenvalue weighted by Crippen LogP contribution is -2.45. The van der Waals surface area contributed by atoms with Crippen LogP contribution in [0.1, 0.15) is 18.4 Å². The Balaban J connectivity index is 1.67. The van der Waals surface area contributed by atoms with Crippen LogP contribution in [0.15, 0.2) is 28.7 Å². The molecule has 1 saturated carbocycles. The molecule has 1 saturated heterocycles. The van der Waals surface area contributed by atoms with Crippen LogP contribution < -0.4 is 5.32 Å². The fraction of sp³-hybridized carbons (Fsp3) is 0.533. The van der Waals surface area contributed by atoms with Crippen LogP contribution in [-0.4, -0.2) is 42.1 Å². The number of thioether (sulfide) groups is 1. The van der Waals surface area contributed by atoms with Gasteiger partial charge in [-0.2, -0.15) is 0 Å². The summed E-state index contributed by atoms with van der Waals surface area (Å²) in [6.45, 7) is 0.830. The van der Waals surface area contributed by atoms with Crippen LogP contribution in [0, 0.1) is 0 Å². The molecule has 3 rings (SSSR count). The van der Waals surface area contributed by atoms with Crippen molar-refractivity contribution in [2.45, 2.75) is 24.3 Å². The molecule has 108 valence electrons. The molecule has 1 atom stereocenters. The molecule has 0 spiro atoms. The molecule has 1 heterocycles. The fourth-order valence-electron chi connectivity index (χ4n) is 2.84. The molecule has 1 unspecified atom stereocenters. The number of halogens is 1. The highest BCUT2D eigenvalue weighted by molar-refractivity contribution is 9.10. The summed E-state index contributed by atoms with van der Waals surface area (Å²) in [5.74, 6) is 2.02. The van der Waals surface area contributed by atoms with Gasteiger partial charge in [0.15, 0.2) is 0 Å². The number of nitrogens with zero attached hydrogens (tertiary/aromatic N) is 1. The first-order chi connectivity index (χ1) is 9.61. The second-order valence-electron chi connectivity index (χ2n) is 5.75. The highest BCUT2D eigenvalue weighted by Gasteiger charge is 2.46. The highest BCUT2D eigenvalue weighted by atomic mass is 79.9. The van der Waals surface area contributed by atoms with Gasteiger partial charge in [0.1, 0.15) is 0 Å². The Morgan fingerprint density at radius 2 is 2.15 bits per heavy atom. The van der Waals surface area contributed by atoms with Crippen molar-refractivity contribution in [2.24, 2.45) is 0 Å². The molecule has 1 N–H and O–H groups in total. The summed E-state index contributed by atoms with van der Waals surface area (Å²) < 4.78 is 1.11. The van der Waals surface area contributed by atoms with E-state index in [2.05, 4.69) is 45.5 Å². The van der Waals surface area contributed by atoms with Gasteiger partial charge in [-0.3, -0.25) is 10.1 Å². The maximum absolute atomic E-state index is 12.4. The summed E-state index contributed by atoms with van der Waals surface area (Å²) in [7, 11) is 1.94. The van der Waals surface area contributed by atoms with E-state index in [-0.39, 0.29) is 17.4 Å². The van der Waals surface area contributed by atoms with E-state index in [9.17, 15) is 4.79 Å². The van der Waals surface area contributed by atoms with Gasteiger partial charge in [-0.25, -0.2) is 0 Å². The Morgan fingerprint density at radius 1 is 1.45 bits per heavy atom. The summed E-state index contributed by atoms with van der Waals surface area (Å²) in [6.07, 6.45) is 2.36. The molecule has 0 radical (unpaired) electrons. The Hall–Kier alpha value is -0.520.